The number of amides is 1. The van der Waals surface area contributed by atoms with Crippen LogP contribution < -0.4 is 4.74 Å². The number of carbonyl (C=O) groups is 2. The van der Waals surface area contributed by atoms with Gasteiger partial charge in [0.15, 0.2) is 0 Å². The Morgan fingerprint density at radius 1 is 1.29 bits per heavy atom. The number of rotatable bonds is 8. The number of benzene rings is 1. The molecule has 0 aliphatic rings. The molecule has 0 spiro atoms. The Morgan fingerprint density at radius 2 is 1.95 bits per heavy atom. The number of hydrogen-bond acceptors (Lipinski definition) is 3. The van der Waals surface area contributed by atoms with E-state index in [1.807, 2.05) is 18.2 Å². The average molecular weight is 358 g/mol. The molecule has 5 nitrogen and oxygen atoms in total. The van der Waals surface area contributed by atoms with Crippen molar-refractivity contribution in [3.63, 3.8) is 0 Å². The largest absolute Gasteiger partial charge is 0.496 e. The summed E-state index contributed by atoms with van der Waals surface area (Å²) >= 11 is 3.40. The smallest absolute Gasteiger partial charge is 0.303 e. The van der Waals surface area contributed by atoms with Gasteiger partial charge in [-0.15, -0.1) is 0 Å². The molecule has 6 heteroatoms. The number of hydrogen-bond donors (Lipinski definition) is 1. The maximum absolute atomic E-state index is 12.0. The molecule has 0 saturated carbocycles. The van der Waals surface area contributed by atoms with E-state index in [0.29, 0.717) is 25.8 Å². The third-order valence-electron chi connectivity index (χ3n) is 3.11. The van der Waals surface area contributed by atoms with Crippen molar-refractivity contribution in [1.82, 2.24) is 4.90 Å². The molecule has 0 aliphatic carbocycles. The summed E-state index contributed by atoms with van der Waals surface area (Å²) in [4.78, 5) is 24.0. The summed E-state index contributed by atoms with van der Waals surface area (Å²) in [5.74, 6) is -0.0826. The van der Waals surface area contributed by atoms with Crippen LogP contribution in [0.5, 0.6) is 5.75 Å². The van der Waals surface area contributed by atoms with Crippen molar-refractivity contribution in [1.29, 1.82) is 0 Å². The van der Waals surface area contributed by atoms with E-state index in [1.54, 1.807) is 19.1 Å². The van der Waals surface area contributed by atoms with E-state index in [9.17, 15) is 9.59 Å². The highest BCUT2D eigenvalue weighted by Gasteiger charge is 2.12. The molecule has 1 N–H and O–H groups in total. The monoisotopic (exact) mass is 357 g/mol. The van der Waals surface area contributed by atoms with Gasteiger partial charge in [-0.3, -0.25) is 9.59 Å². The van der Waals surface area contributed by atoms with Gasteiger partial charge in [0.2, 0.25) is 5.91 Å². The van der Waals surface area contributed by atoms with Crippen LogP contribution in [0.25, 0.3) is 0 Å². The highest BCUT2D eigenvalue weighted by Crippen LogP contribution is 2.24. The zero-order valence-electron chi connectivity index (χ0n) is 12.3. The molecule has 1 amide bonds. The lowest BCUT2D eigenvalue weighted by atomic mass is 10.1. The maximum Gasteiger partial charge on any atom is 0.303 e. The molecule has 0 bridgehead atoms. The number of halogens is 1. The number of carbonyl (C=O) groups excluding carboxylic acids is 1. The Labute approximate surface area is 133 Å². The number of carboxylic acid groups (broad SMARTS) is 1. The molecule has 116 valence electrons. The molecule has 1 aromatic rings. The molecule has 21 heavy (non-hydrogen) atoms. The van der Waals surface area contributed by atoms with Crippen molar-refractivity contribution in [2.45, 2.75) is 32.2 Å². The first kappa shape index (κ1) is 17.5. The average Bonchev–Trinajstić information content (AvgIpc) is 2.43. The van der Waals surface area contributed by atoms with Crippen molar-refractivity contribution in [2.75, 3.05) is 14.2 Å². The second kappa shape index (κ2) is 8.67. The number of ether oxygens (including phenoxy) is 1. The van der Waals surface area contributed by atoms with E-state index in [-0.39, 0.29) is 12.3 Å². The molecule has 0 fully saturated rings. The van der Waals surface area contributed by atoms with Crippen molar-refractivity contribution in [3.05, 3.63) is 28.2 Å². The zero-order valence-corrected chi connectivity index (χ0v) is 13.9. The highest BCUT2D eigenvalue weighted by molar-refractivity contribution is 9.10. The van der Waals surface area contributed by atoms with Crippen LogP contribution in [-0.2, 0) is 16.1 Å². The quantitative estimate of drug-likeness (QED) is 0.726. The van der Waals surface area contributed by atoms with Gasteiger partial charge in [-0.2, -0.15) is 0 Å². The van der Waals surface area contributed by atoms with E-state index in [4.69, 9.17) is 9.84 Å². The Balaban J connectivity index is 2.52. The Kier molecular flexibility index (Phi) is 7.22. The van der Waals surface area contributed by atoms with Crippen molar-refractivity contribution < 1.29 is 19.4 Å². The summed E-state index contributed by atoms with van der Waals surface area (Å²) in [6.07, 6.45) is 1.58. The second-order valence-electron chi connectivity index (χ2n) is 4.81. The molecule has 0 atom stereocenters. The van der Waals surface area contributed by atoms with E-state index in [1.165, 1.54) is 0 Å². The van der Waals surface area contributed by atoms with E-state index >= 15 is 0 Å². The van der Waals surface area contributed by atoms with Gasteiger partial charge in [0.25, 0.3) is 0 Å². The lowest BCUT2D eigenvalue weighted by molar-refractivity contribution is -0.137. The normalized spacial score (nSPS) is 10.2. The van der Waals surface area contributed by atoms with E-state index in [2.05, 4.69) is 15.9 Å². The zero-order chi connectivity index (χ0) is 15.8. The van der Waals surface area contributed by atoms with Gasteiger partial charge in [-0.05, 0) is 31.0 Å². The van der Waals surface area contributed by atoms with Crippen LogP contribution >= 0.6 is 15.9 Å². The molecule has 0 unspecified atom stereocenters. The van der Waals surface area contributed by atoms with Gasteiger partial charge >= 0.3 is 5.97 Å². The number of aliphatic carboxylic acids is 1. The fraction of sp³-hybridized carbons (Fsp3) is 0.467. The lowest BCUT2D eigenvalue weighted by Gasteiger charge is -2.19. The molecule has 0 aliphatic heterocycles. The van der Waals surface area contributed by atoms with Gasteiger partial charge in [0, 0.05) is 36.5 Å². The summed E-state index contributed by atoms with van der Waals surface area (Å²) < 4.78 is 6.21. The van der Waals surface area contributed by atoms with Crippen LogP contribution in [0.2, 0.25) is 0 Å². The van der Waals surface area contributed by atoms with Crippen LogP contribution in [0.15, 0.2) is 22.7 Å². The Bertz CT molecular complexity index is 504. The molecule has 0 heterocycles. The minimum Gasteiger partial charge on any atom is -0.496 e. The summed E-state index contributed by atoms with van der Waals surface area (Å²) in [6, 6.07) is 5.66. The molecular weight excluding hydrogens is 338 g/mol. The lowest BCUT2D eigenvalue weighted by Crippen LogP contribution is -2.26. The van der Waals surface area contributed by atoms with Gasteiger partial charge in [-0.1, -0.05) is 15.9 Å². The Morgan fingerprint density at radius 3 is 2.57 bits per heavy atom. The van der Waals surface area contributed by atoms with Gasteiger partial charge in [-0.25, -0.2) is 0 Å². The highest BCUT2D eigenvalue weighted by atomic mass is 79.9. The first-order chi connectivity index (χ1) is 9.93. The maximum atomic E-state index is 12.0. The predicted molar refractivity (Wildman–Crippen MR) is 83.3 cm³/mol. The number of nitrogens with zero attached hydrogens (tertiary/aromatic N) is 1. The fourth-order valence-corrected chi connectivity index (χ4v) is 2.37. The van der Waals surface area contributed by atoms with Gasteiger partial charge in [0.1, 0.15) is 5.75 Å². The minimum atomic E-state index is -0.824. The topological polar surface area (TPSA) is 66.8 Å². The molecule has 1 aromatic carbocycles. The van der Waals surface area contributed by atoms with E-state index < -0.39 is 5.97 Å². The number of unbranched alkanes of at least 4 members (excludes halogenated alkanes) is 1. The summed E-state index contributed by atoms with van der Waals surface area (Å²) in [7, 11) is 3.33. The first-order valence-corrected chi connectivity index (χ1v) is 7.51. The SMILES string of the molecule is COc1ccc(Br)cc1CN(C)C(=O)CCCCC(=O)O. The minimum absolute atomic E-state index is 0.00224. The molecule has 1 rings (SSSR count). The fourth-order valence-electron chi connectivity index (χ4n) is 1.96. The number of carboxylic acids is 1. The first-order valence-electron chi connectivity index (χ1n) is 6.72. The summed E-state index contributed by atoms with van der Waals surface area (Å²) in [6.45, 7) is 0.459. The van der Waals surface area contributed by atoms with Gasteiger partial charge in [0.05, 0.1) is 7.11 Å². The van der Waals surface area contributed by atoms with Gasteiger partial charge < -0.3 is 14.7 Å². The molecule has 0 aromatic heterocycles. The van der Waals surface area contributed by atoms with Crippen molar-refractivity contribution in [3.8, 4) is 5.75 Å². The molecule has 0 saturated heterocycles. The van der Waals surface area contributed by atoms with Crippen molar-refractivity contribution >= 4 is 27.8 Å². The standard InChI is InChI=1S/C15H20BrNO4/c1-17(14(18)5-3-4-6-15(19)20)10-11-9-12(16)7-8-13(11)21-2/h7-9H,3-6,10H2,1-2H3,(H,19,20). The van der Waals surface area contributed by atoms with Crippen LogP contribution in [0.4, 0.5) is 0 Å². The number of methoxy groups -OCH3 is 1. The van der Waals surface area contributed by atoms with Crippen LogP contribution in [0.3, 0.4) is 0 Å². The second-order valence-corrected chi connectivity index (χ2v) is 5.72. The predicted octanol–water partition coefficient (Wildman–Crippen LogP) is 3.06. The molecule has 0 radical (unpaired) electrons. The van der Waals surface area contributed by atoms with Crippen LogP contribution in [0.1, 0.15) is 31.2 Å². The summed E-state index contributed by atoms with van der Waals surface area (Å²) in [5, 5.41) is 8.55. The van der Waals surface area contributed by atoms with Crippen LogP contribution in [-0.4, -0.2) is 36.0 Å². The molecular formula is C15H20BrNO4. The third-order valence-corrected chi connectivity index (χ3v) is 3.60. The third kappa shape index (κ3) is 6.16. The summed E-state index contributed by atoms with van der Waals surface area (Å²) in [5.41, 5.74) is 0.924. The van der Waals surface area contributed by atoms with E-state index in [0.717, 1.165) is 15.8 Å². The Hall–Kier alpha value is -1.56. The van der Waals surface area contributed by atoms with Crippen molar-refractivity contribution in [2.24, 2.45) is 0 Å². The van der Waals surface area contributed by atoms with Crippen LogP contribution in [0, 0.1) is 0 Å².